The normalized spacial score (nSPS) is 13.6. The number of fused-ring (bicyclic) bond motifs is 12. The van der Waals surface area contributed by atoms with Gasteiger partial charge < -0.3 is 67.5 Å². The second-order valence-electron chi connectivity index (χ2n) is 30.2. The summed E-state index contributed by atoms with van der Waals surface area (Å²) in [6.45, 7) is 11.4. The molecule has 0 radical (unpaired) electrons. The van der Waals surface area contributed by atoms with Crippen LogP contribution in [-0.4, -0.2) is 175 Å². The molecule has 5 aliphatic rings. The summed E-state index contributed by atoms with van der Waals surface area (Å²) < 4.78 is 39.7. The van der Waals surface area contributed by atoms with Crippen LogP contribution in [0.25, 0.3) is 45.0 Å². The van der Waals surface area contributed by atoms with Gasteiger partial charge in [0.25, 0.3) is 0 Å². The summed E-state index contributed by atoms with van der Waals surface area (Å²) in [5.41, 5.74) is 20.3. The first-order chi connectivity index (χ1) is 59.0. The zero-order chi connectivity index (χ0) is 86.8. The fourth-order valence-corrected chi connectivity index (χ4v) is 15.5. The molecule has 0 aliphatic carbocycles. The Kier molecular flexibility index (Phi) is 28.0. The monoisotopic (exact) mass is 1790 g/mol. The van der Waals surface area contributed by atoms with Crippen molar-refractivity contribution < 1.29 is 18.0 Å². The van der Waals surface area contributed by atoms with Crippen LogP contribution in [0.2, 0.25) is 15.1 Å². The van der Waals surface area contributed by atoms with Crippen LogP contribution in [0.15, 0.2) is 159 Å². The Labute approximate surface area is 746 Å². The quantitative estimate of drug-likeness (QED) is 0.0383. The molecule has 26 nitrogen and oxygen atoms in total. The molecule has 1 saturated heterocycles. The van der Waals surface area contributed by atoms with E-state index < -0.39 is 11.7 Å². The maximum absolute atomic E-state index is 13.2. The van der Waals surface area contributed by atoms with Crippen molar-refractivity contribution in [2.24, 2.45) is 0 Å². The standard InChI is InChI=1S/C24H25F3N6S.C23H24ClN7S.C21H21ClN6S.C19H15ClN6OS/c1-14-19(9-7-17(29-14)5-4-10-33(2)3)31-23-28-13-15-11-21(34)30-20-12-16(24(25,26)27)6-8-18(20)22(15)32-23;1-14-19(11-17(13-25-14)31-7-5-30(2)6-8-31)28-23-26-12-15-9-21(32)27-20-10-16(24)3-4-18(20)22(15)29-23;1-28(2)6-5-13-7-16(12-23-10-13)25-21-24-11-14-8-19(29)26-18-9-15(22)3-4-17(18)20(14)27-21;1-10(27)23-16-5-3-13(9-21-16)24-19-22-8-11-6-17(28)25-15-7-12(20)2-4-14(15)18(11)26-19/h6-9,12-13H,4-5,10-11H2,1-3H3,(H,30,34)(H,28,31,32);3-4,10-13H,5-9H2,1-2H3,(H,27,32)(H,26,28,29);3-4,7,9-12H,5-6,8H2,1-2H3,(H,26,29)(H,24,25,27);2-5,7-9H,6H2,1H3,(H,25,28)(H,21,23,27)(H,22,24,26). The average molecular weight is 1790 g/mol. The lowest BCUT2D eigenvalue weighted by Gasteiger charge is -2.34. The van der Waals surface area contributed by atoms with Crippen LogP contribution in [0.4, 0.5) is 94.0 Å². The van der Waals surface area contributed by atoms with E-state index >= 15 is 0 Å². The summed E-state index contributed by atoms with van der Waals surface area (Å²) in [6.07, 6.45) is 14.7. The zero-order valence-electron chi connectivity index (χ0n) is 68.2. The Balaban J connectivity index is 0.000000134. The highest BCUT2D eigenvalue weighted by molar-refractivity contribution is 7.81. The van der Waals surface area contributed by atoms with Crippen molar-refractivity contribution in [3.05, 3.63) is 224 Å². The van der Waals surface area contributed by atoms with Gasteiger partial charge in [-0.25, -0.2) is 44.9 Å². The molecule has 8 aromatic heterocycles. The minimum Gasteiger partial charge on any atom is -0.368 e. The molecule has 630 valence electrons. The number of aromatic nitrogens is 12. The number of thiocarbonyl (C=S) groups is 4. The Bertz CT molecular complexity index is 6020. The van der Waals surface area contributed by atoms with Crippen LogP contribution in [0.1, 0.15) is 63.8 Å². The van der Waals surface area contributed by atoms with Gasteiger partial charge in [0.2, 0.25) is 29.7 Å². The van der Waals surface area contributed by atoms with Crippen molar-refractivity contribution in [2.45, 2.75) is 71.9 Å². The number of nitrogens with zero attached hydrogens (tertiary/aromatic N) is 16. The van der Waals surface area contributed by atoms with Gasteiger partial charge in [-0.1, -0.05) is 89.7 Å². The lowest BCUT2D eigenvalue weighted by Crippen LogP contribution is -2.44. The second kappa shape index (κ2) is 39.3. The molecule has 123 heavy (non-hydrogen) atoms. The maximum Gasteiger partial charge on any atom is 0.416 e. The lowest BCUT2D eigenvalue weighted by molar-refractivity contribution is -0.137. The number of rotatable bonds is 17. The molecule has 36 heteroatoms. The molecular formula is C87H85Cl3F3N25OS4. The van der Waals surface area contributed by atoms with E-state index in [4.69, 9.17) is 93.6 Å². The van der Waals surface area contributed by atoms with Crippen LogP contribution in [0, 0.1) is 13.8 Å². The molecule has 0 unspecified atom stereocenters. The third-order valence-corrected chi connectivity index (χ3v) is 21.8. The number of halogens is 6. The molecule has 1 amide bonds. The molecule has 13 heterocycles. The number of carbonyl (C=O) groups excluding carboxylic acids is 1. The molecule has 9 N–H and O–H groups in total. The maximum atomic E-state index is 13.2. The summed E-state index contributed by atoms with van der Waals surface area (Å²) >= 11 is 40.2. The first kappa shape index (κ1) is 87.7. The van der Waals surface area contributed by atoms with E-state index in [0.717, 1.165) is 199 Å². The van der Waals surface area contributed by atoms with E-state index in [2.05, 4.69) is 151 Å². The predicted molar refractivity (Wildman–Crippen MR) is 502 cm³/mol. The number of hydrogen-bond donors (Lipinski definition) is 9. The minimum absolute atomic E-state index is 0.174. The average Bonchev–Trinajstić information content (AvgIpc) is 1.72. The van der Waals surface area contributed by atoms with Crippen molar-refractivity contribution >= 4 is 190 Å². The Hall–Kier alpha value is -11.6. The van der Waals surface area contributed by atoms with Crippen molar-refractivity contribution in [1.29, 1.82) is 0 Å². The number of benzene rings is 4. The first-order valence-corrected chi connectivity index (χ1v) is 41.9. The Morgan fingerprint density at radius 2 is 0.935 bits per heavy atom. The lowest BCUT2D eigenvalue weighted by atomic mass is 10.0. The van der Waals surface area contributed by atoms with Crippen LogP contribution < -0.4 is 52.8 Å². The van der Waals surface area contributed by atoms with E-state index in [9.17, 15) is 18.0 Å². The zero-order valence-corrected chi connectivity index (χ0v) is 73.7. The van der Waals surface area contributed by atoms with Crippen molar-refractivity contribution in [2.75, 3.05) is 127 Å². The Morgan fingerprint density at radius 3 is 1.39 bits per heavy atom. The van der Waals surface area contributed by atoms with Gasteiger partial charge in [0, 0.05) is 184 Å². The van der Waals surface area contributed by atoms with Gasteiger partial charge in [-0.3, -0.25) is 19.7 Å². The largest absolute Gasteiger partial charge is 0.416 e. The molecule has 0 atom stereocenters. The van der Waals surface area contributed by atoms with Gasteiger partial charge in [0.1, 0.15) is 5.82 Å². The number of anilines is 14. The third-order valence-electron chi connectivity index (χ3n) is 20.1. The first-order valence-electron chi connectivity index (χ1n) is 39.2. The number of carbonyl (C=O) groups is 1. The van der Waals surface area contributed by atoms with Crippen LogP contribution in [0.5, 0.6) is 0 Å². The predicted octanol–water partition coefficient (Wildman–Crippen LogP) is 18.2. The molecule has 0 bridgehead atoms. The fraction of sp³-hybridized carbons (Fsp3) is 0.253. The van der Waals surface area contributed by atoms with E-state index in [1.165, 1.54) is 13.0 Å². The van der Waals surface area contributed by atoms with Crippen molar-refractivity contribution in [3.63, 3.8) is 0 Å². The van der Waals surface area contributed by atoms with Gasteiger partial charge in [-0.05, 0) is 184 Å². The van der Waals surface area contributed by atoms with E-state index in [-0.39, 0.29) is 11.6 Å². The van der Waals surface area contributed by atoms with Gasteiger partial charge >= 0.3 is 6.18 Å². The molecule has 1 fully saturated rings. The minimum atomic E-state index is -4.45. The van der Waals surface area contributed by atoms with Gasteiger partial charge in [-0.2, -0.15) is 13.2 Å². The fourth-order valence-electron chi connectivity index (χ4n) is 13.9. The molecule has 12 aromatic rings. The van der Waals surface area contributed by atoms with E-state index in [0.29, 0.717) is 97.3 Å². The number of likely N-dealkylation sites (N-methyl/N-ethyl adjacent to an activating group) is 2. The third kappa shape index (κ3) is 23.0. The molecule has 4 aromatic carbocycles. The number of hydrogen-bond acceptors (Lipinski definition) is 25. The summed E-state index contributed by atoms with van der Waals surface area (Å²) in [7, 11) is 10.4. The molecule has 5 aliphatic heterocycles. The number of pyridine rings is 4. The smallest absolute Gasteiger partial charge is 0.368 e. The highest BCUT2D eigenvalue weighted by atomic mass is 35.5. The number of aryl methyl sites for hydroxylation is 3. The number of piperazine rings is 1. The molecular weight excluding hydrogens is 1700 g/mol. The SMILES string of the molecule is CC(=O)Nc1ccc(Nc2ncc3c(n2)-c2ccc(Cl)cc2NC(=S)C3)cn1.CN(C)CCc1cncc(Nc2ncc3c(n2)-c2ccc(Cl)cc2NC(=S)C3)c1.Cc1nc(CCCN(C)C)ccc1Nc1ncc2c(n1)-c1ccc(C(F)(F)F)cc1NC(=S)C2.Cc1ncc(N2CCN(C)CC2)cc1Nc1ncc2c(n1)-c1ccc(Cl)cc1NC(=S)C2. The number of amides is 1. The number of nitrogens with one attached hydrogen (secondary N) is 9. The van der Waals surface area contributed by atoms with Crippen molar-refractivity contribution in [3.8, 4) is 45.0 Å². The summed E-state index contributed by atoms with van der Waals surface area (Å²) in [6, 6.07) is 32.1. The molecule has 0 spiro atoms. The highest BCUT2D eigenvalue weighted by Crippen LogP contribution is 2.42. The van der Waals surface area contributed by atoms with Crippen LogP contribution in [-0.2, 0) is 49.5 Å². The van der Waals surface area contributed by atoms with Gasteiger partial charge in [0.15, 0.2) is 0 Å². The van der Waals surface area contributed by atoms with Crippen LogP contribution in [0.3, 0.4) is 0 Å². The van der Waals surface area contributed by atoms with Crippen molar-refractivity contribution in [1.82, 2.24) is 74.5 Å². The number of alkyl halides is 3. The Morgan fingerprint density at radius 1 is 0.472 bits per heavy atom. The second-order valence-corrected chi connectivity index (χ2v) is 33.5. The van der Waals surface area contributed by atoms with E-state index in [1.54, 1.807) is 36.9 Å². The van der Waals surface area contributed by atoms with Crippen LogP contribution >= 0.6 is 83.7 Å². The highest BCUT2D eigenvalue weighted by Gasteiger charge is 2.33. The van der Waals surface area contributed by atoms with Gasteiger partial charge in [0.05, 0.1) is 107 Å². The summed E-state index contributed by atoms with van der Waals surface area (Å²) in [4.78, 5) is 77.2. The molecule has 0 saturated carbocycles. The summed E-state index contributed by atoms with van der Waals surface area (Å²) in [5, 5.41) is 30.2. The topological polar surface area (TPSA) is 293 Å². The van der Waals surface area contributed by atoms with Gasteiger partial charge in [-0.15, -0.1) is 0 Å². The van der Waals surface area contributed by atoms with E-state index in [1.807, 2.05) is 119 Å². The summed E-state index contributed by atoms with van der Waals surface area (Å²) in [5.74, 6) is 2.12. The molecule has 17 rings (SSSR count).